The third-order valence-electron chi connectivity index (χ3n) is 6.29. The summed E-state index contributed by atoms with van der Waals surface area (Å²) in [6, 6.07) is 0. The zero-order chi connectivity index (χ0) is 18.7. The van der Waals surface area contributed by atoms with Crippen LogP contribution in [0.3, 0.4) is 0 Å². The molecule has 2 aliphatic carbocycles. The maximum absolute atomic E-state index is 13.1. The highest BCUT2D eigenvalue weighted by Gasteiger charge is 2.70. The van der Waals surface area contributed by atoms with Crippen LogP contribution in [0.2, 0.25) is 0 Å². The van der Waals surface area contributed by atoms with Crippen LogP contribution in [0.4, 0.5) is 0 Å². The Morgan fingerprint density at radius 3 is 2.64 bits per heavy atom. The Morgan fingerprint density at radius 1 is 1.40 bits per heavy atom. The number of ether oxygens (including phenoxy) is 1. The fourth-order valence-electron chi connectivity index (χ4n) is 4.37. The lowest BCUT2D eigenvalue weighted by molar-refractivity contribution is -0.223. The second kappa shape index (κ2) is 5.68. The summed E-state index contributed by atoms with van der Waals surface area (Å²) in [5, 5.41) is 21.9. The molecule has 1 aromatic rings. The molecule has 1 saturated carbocycles. The molecule has 3 rings (SSSR count). The van der Waals surface area contributed by atoms with E-state index in [1.165, 1.54) is 6.26 Å². The normalized spacial score (nSPS) is 37.6. The average Bonchev–Trinajstić information content (AvgIpc) is 2.93. The molecule has 2 N–H and O–H groups in total. The topological polar surface area (TPSA) is 97.0 Å². The van der Waals surface area contributed by atoms with Crippen molar-refractivity contribution in [3.63, 3.8) is 0 Å². The van der Waals surface area contributed by atoms with Crippen LogP contribution in [0.15, 0.2) is 10.7 Å². The number of aryl methyl sites for hydroxylation is 1. The lowest BCUT2D eigenvalue weighted by Crippen LogP contribution is -2.69. The molecule has 138 valence electrons. The zero-order valence-electron chi connectivity index (χ0n) is 15.3. The quantitative estimate of drug-likeness (QED) is 0.796. The van der Waals surface area contributed by atoms with E-state index in [1.54, 1.807) is 27.7 Å². The van der Waals surface area contributed by atoms with E-state index in [9.17, 15) is 19.8 Å². The smallest absolute Gasteiger partial charge is 0.309 e. The van der Waals surface area contributed by atoms with Crippen LogP contribution in [0.1, 0.15) is 68.3 Å². The van der Waals surface area contributed by atoms with E-state index in [1.807, 2.05) is 6.92 Å². The standard InChI is InChI=1S/C19H26O6/c1-9(2)17(22)25-16-13-10(3)8-24-14(13)15(21)19(23)12(20)7-6-11(4)18(16,19)5/h8-9,11-12,16,20,23H,6-7H2,1-5H3/t11-,12-,16+,18-,19+/m0/s1. The van der Waals surface area contributed by atoms with E-state index in [2.05, 4.69) is 0 Å². The first-order chi connectivity index (χ1) is 11.6. The molecule has 1 heterocycles. The summed E-state index contributed by atoms with van der Waals surface area (Å²) >= 11 is 0. The Morgan fingerprint density at radius 2 is 2.04 bits per heavy atom. The van der Waals surface area contributed by atoms with Gasteiger partial charge in [-0.15, -0.1) is 0 Å². The Balaban J connectivity index is 2.25. The van der Waals surface area contributed by atoms with Gasteiger partial charge in [-0.05, 0) is 31.2 Å². The summed E-state index contributed by atoms with van der Waals surface area (Å²) in [4.78, 5) is 25.4. The van der Waals surface area contributed by atoms with E-state index in [4.69, 9.17) is 9.15 Å². The highest BCUT2D eigenvalue weighted by atomic mass is 16.5. The van der Waals surface area contributed by atoms with Gasteiger partial charge in [0, 0.05) is 5.56 Å². The molecule has 6 heteroatoms. The number of aliphatic hydroxyl groups excluding tert-OH is 1. The Labute approximate surface area is 147 Å². The first-order valence-electron chi connectivity index (χ1n) is 8.80. The SMILES string of the molecule is Cc1coc2c1[C@@H](OC(=O)C(C)C)[C@]1(C)[C@@H](C)CC[C@H](O)[C@@]1(O)C2=O. The van der Waals surface area contributed by atoms with Crippen molar-refractivity contribution in [2.24, 2.45) is 17.3 Å². The number of hydrogen-bond donors (Lipinski definition) is 2. The highest BCUT2D eigenvalue weighted by Crippen LogP contribution is 2.61. The van der Waals surface area contributed by atoms with Gasteiger partial charge in [0.05, 0.1) is 23.7 Å². The van der Waals surface area contributed by atoms with Crippen LogP contribution >= 0.6 is 0 Å². The minimum Gasteiger partial charge on any atom is -0.460 e. The van der Waals surface area contributed by atoms with Crippen LogP contribution in [0.5, 0.6) is 0 Å². The summed E-state index contributed by atoms with van der Waals surface area (Å²) in [5.41, 5.74) is -2.00. The Bertz CT molecular complexity index is 719. The number of rotatable bonds is 2. The van der Waals surface area contributed by atoms with Crippen LogP contribution < -0.4 is 0 Å². The van der Waals surface area contributed by atoms with E-state index in [-0.39, 0.29) is 17.6 Å². The van der Waals surface area contributed by atoms with Crippen molar-refractivity contribution in [2.75, 3.05) is 0 Å². The number of ketones is 1. The lowest BCUT2D eigenvalue weighted by Gasteiger charge is -2.57. The average molecular weight is 350 g/mol. The molecule has 0 bridgehead atoms. The van der Waals surface area contributed by atoms with Crippen molar-refractivity contribution in [1.82, 2.24) is 0 Å². The van der Waals surface area contributed by atoms with Crippen LogP contribution in [-0.2, 0) is 9.53 Å². The minimum absolute atomic E-state index is 0.0211. The van der Waals surface area contributed by atoms with Crippen molar-refractivity contribution >= 4 is 11.8 Å². The molecule has 25 heavy (non-hydrogen) atoms. The van der Waals surface area contributed by atoms with Crippen molar-refractivity contribution in [3.05, 3.63) is 23.2 Å². The number of hydrogen-bond acceptors (Lipinski definition) is 6. The number of fused-ring (bicyclic) bond motifs is 2. The Hall–Kier alpha value is -1.66. The Kier molecular flexibility index (Phi) is 4.12. The molecule has 6 nitrogen and oxygen atoms in total. The van der Waals surface area contributed by atoms with Crippen molar-refractivity contribution in [3.8, 4) is 0 Å². The number of Topliss-reactive ketones (excluding diaryl/α,β-unsaturated/α-hetero) is 1. The first-order valence-corrected chi connectivity index (χ1v) is 8.80. The van der Waals surface area contributed by atoms with Gasteiger partial charge in [0.15, 0.2) is 11.4 Å². The highest BCUT2D eigenvalue weighted by molar-refractivity contribution is 6.04. The third-order valence-corrected chi connectivity index (χ3v) is 6.29. The predicted octanol–water partition coefficient (Wildman–Crippen LogP) is 2.55. The molecule has 0 saturated heterocycles. The maximum Gasteiger partial charge on any atom is 0.309 e. The number of carbonyl (C=O) groups excluding carboxylic acids is 2. The summed E-state index contributed by atoms with van der Waals surface area (Å²) in [6.45, 7) is 8.89. The molecular weight excluding hydrogens is 324 g/mol. The molecule has 2 aliphatic rings. The van der Waals surface area contributed by atoms with Crippen LogP contribution in [-0.4, -0.2) is 33.7 Å². The fourth-order valence-corrected chi connectivity index (χ4v) is 4.37. The van der Waals surface area contributed by atoms with E-state index >= 15 is 0 Å². The third kappa shape index (κ3) is 2.16. The van der Waals surface area contributed by atoms with E-state index < -0.39 is 35.0 Å². The molecule has 0 unspecified atom stereocenters. The van der Waals surface area contributed by atoms with Gasteiger partial charge < -0.3 is 19.4 Å². The van der Waals surface area contributed by atoms with Crippen LogP contribution in [0, 0.1) is 24.2 Å². The number of carbonyl (C=O) groups is 2. The number of esters is 1. The van der Waals surface area contributed by atoms with Gasteiger partial charge in [0.2, 0.25) is 5.78 Å². The van der Waals surface area contributed by atoms with Gasteiger partial charge in [0.25, 0.3) is 0 Å². The van der Waals surface area contributed by atoms with Crippen molar-refractivity contribution < 1.29 is 29.0 Å². The molecule has 0 radical (unpaired) electrons. The summed E-state index contributed by atoms with van der Waals surface area (Å²) in [5.74, 6) is -1.56. The minimum atomic E-state index is -2.05. The summed E-state index contributed by atoms with van der Waals surface area (Å²) < 4.78 is 11.2. The monoisotopic (exact) mass is 350 g/mol. The van der Waals surface area contributed by atoms with Crippen LogP contribution in [0.25, 0.3) is 0 Å². The molecular formula is C19H26O6. The molecule has 0 aliphatic heterocycles. The molecule has 1 aromatic heterocycles. The second-order valence-electron chi connectivity index (χ2n) is 8.01. The number of aliphatic hydroxyl groups is 2. The molecule has 0 spiro atoms. The van der Waals surface area contributed by atoms with Crippen molar-refractivity contribution in [2.45, 2.75) is 65.3 Å². The van der Waals surface area contributed by atoms with E-state index in [0.29, 0.717) is 24.0 Å². The molecule has 0 amide bonds. The van der Waals surface area contributed by atoms with Crippen molar-refractivity contribution in [1.29, 1.82) is 0 Å². The van der Waals surface area contributed by atoms with E-state index in [0.717, 1.165) is 0 Å². The molecule has 1 fully saturated rings. The molecule has 5 atom stereocenters. The fraction of sp³-hybridized carbons (Fsp3) is 0.684. The van der Waals surface area contributed by atoms with Gasteiger partial charge in [0.1, 0.15) is 6.10 Å². The first kappa shape index (κ1) is 18.1. The zero-order valence-corrected chi connectivity index (χ0v) is 15.3. The largest absolute Gasteiger partial charge is 0.460 e. The summed E-state index contributed by atoms with van der Waals surface area (Å²) in [7, 11) is 0. The second-order valence-corrected chi connectivity index (χ2v) is 8.01. The predicted molar refractivity (Wildman–Crippen MR) is 88.9 cm³/mol. The number of furan rings is 1. The van der Waals surface area contributed by atoms with Gasteiger partial charge >= 0.3 is 5.97 Å². The maximum atomic E-state index is 13.1. The van der Waals surface area contributed by atoms with Gasteiger partial charge in [-0.25, -0.2) is 0 Å². The summed E-state index contributed by atoms with van der Waals surface area (Å²) in [6.07, 6.45) is 0.261. The van der Waals surface area contributed by atoms with Gasteiger partial charge in [-0.2, -0.15) is 0 Å². The molecule has 0 aromatic carbocycles. The van der Waals surface area contributed by atoms with Gasteiger partial charge in [-0.3, -0.25) is 9.59 Å². The van der Waals surface area contributed by atoms with Gasteiger partial charge in [-0.1, -0.05) is 27.7 Å². The lowest BCUT2D eigenvalue weighted by atomic mass is 9.50.